The lowest BCUT2D eigenvalue weighted by atomic mass is 9.85. The molecule has 12 nitrogen and oxygen atoms in total. The minimum atomic E-state index is -0.291. The third-order valence-corrected chi connectivity index (χ3v) is 9.26. The molecule has 2 aliphatic heterocycles. The van der Waals surface area contributed by atoms with Crippen LogP contribution in [-0.4, -0.2) is 65.9 Å². The van der Waals surface area contributed by atoms with Crippen molar-refractivity contribution in [1.29, 1.82) is 0 Å². The standard InChI is InChI=1S/C30H43N9O3/c1-3-38-27(32-18-33-38)29(41)35-26(20-8-6-4-5-7-9-20)24-17-39-30(34-24)36-25(21-10-12-42-13-11-21)23(37-39)15-22-14-19(2)16-31-28(22)40/h17-22,26H,3-16H2,1-2H3,(H,31,40)(H,35,41)/t19-,22+,26-/m0/s1. The van der Waals surface area contributed by atoms with Gasteiger partial charge in [0.05, 0.1) is 29.3 Å². The zero-order valence-corrected chi connectivity index (χ0v) is 24.8. The average molecular weight is 578 g/mol. The molecule has 1 aliphatic carbocycles. The van der Waals surface area contributed by atoms with Crippen LogP contribution in [0.5, 0.6) is 0 Å². The van der Waals surface area contributed by atoms with Gasteiger partial charge in [0.2, 0.25) is 11.7 Å². The number of amides is 2. The van der Waals surface area contributed by atoms with Crippen LogP contribution in [0.15, 0.2) is 12.5 Å². The minimum Gasteiger partial charge on any atom is -0.381 e. The number of imidazole rings is 1. The molecule has 3 aromatic heterocycles. The SMILES string of the molecule is CCn1ncnc1C(=O)N[C@H](c1cn2nc(C[C@H]3C[C@H](C)CNC3=O)c(C3CCOCC3)nc2n1)C1CCCCCC1. The van der Waals surface area contributed by atoms with Crippen LogP contribution >= 0.6 is 0 Å². The van der Waals surface area contributed by atoms with Crippen LogP contribution in [0, 0.1) is 17.8 Å². The average Bonchev–Trinajstić information content (AvgIpc) is 3.56. The van der Waals surface area contributed by atoms with E-state index in [1.165, 1.54) is 19.2 Å². The molecule has 6 rings (SSSR count). The molecule has 0 bridgehead atoms. The second-order valence-electron chi connectivity index (χ2n) is 12.3. The number of rotatable bonds is 8. The third kappa shape index (κ3) is 6.18. The Morgan fingerprint density at radius 3 is 2.69 bits per heavy atom. The quantitative estimate of drug-likeness (QED) is 0.388. The van der Waals surface area contributed by atoms with E-state index < -0.39 is 0 Å². The molecule has 1 saturated carbocycles. The summed E-state index contributed by atoms with van der Waals surface area (Å²) in [5.74, 6) is 1.45. The monoisotopic (exact) mass is 577 g/mol. The molecule has 0 spiro atoms. The van der Waals surface area contributed by atoms with Crippen molar-refractivity contribution in [3.05, 3.63) is 35.4 Å². The number of carbonyl (C=O) groups excluding carboxylic acids is 2. The molecule has 0 aromatic carbocycles. The Hall–Kier alpha value is -3.41. The van der Waals surface area contributed by atoms with Crippen molar-refractivity contribution in [1.82, 2.24) is 45.0 Å². The Morgan fingerprint density at radius 2 is 1.93 bits per heavy atom. The topological polar surface area (TPSA) is 141 Å². The second kappa shape index (κ2) is 12.8. The van der Waals surface area contributed by atoms with Crippen molar-refractivity contribution < 1.29 is 14.3 Å². The summed E-state index contributed by atoms with van der Waals surface area (Å²) in [4.78, 5) is 40.6. The zero-order valence-electron chi connectivity index (χ0n) is 24.8. The van der Waals surface area contributed by atoms with Gasteiger partial charge in [-0.1, -0.05) is 32.6 Å². The first kappa shape index (κ1) is 28.7. The highest BCUT2D eigenvalue weighted by molar-refractivity contribution is 5.90. The number of ether oxygens (including phenoxy) is 1. The van der Waals surface area contributed by atoms with Crippen LogP contribution in [-0.2, 0) is 22.5 Å². The number of hydrogen-bond donors (Lipinski definition) is 2. The highest BCUT2D eigenvalue weighted by Crippen LogP contribution is 2.35. The van der Waals surface area contributed by atoms with Crippen LogP contribution in [0.1, 0.15) is 111 Å². The predicted molar refractivity (Wildman–Crippen MR) is 155 cm³/mol. The van der Waals surface area contributed by atoms with E-state index >= 15 is 0 Å². The van der Waals surface area contributed by atoms with E-state index in [-0.39, 0.29) is 35.6 Å². The summed E-state index contributed by atoms with van der Waals surface area (Å²) in [6.07, 6.45) is 13.2. The summed E-state index contributed by atoms with van der Waals surface area (Å²) < 4.78 is 9.01. The Kier molecular flexibility index (Phi) is 8.78. The smallest absolute Gasteiger partial charge is 0.289 e. The van der Waals surface area contributed by atoms with Crippen molar-refractivity contribution in [2.75, 3.05) is 19.8 Å². The number of nitrogens with one attached hydrogen (secondary N) is 2. The summed E-state index contributed by atoms with van der Waals surface area (Å²) in [7, 11) is 0. The fraction of sp³-hybridized carbons (Fsp3) is 0.700. The van der Waals surface area contributed by atoms with E-state index in [1.807, 2.05) is 13.1 Å². The van der Waals surface area contributed by atoms with E-state index in [4.69, 9.17) is 19.8 Å². The predicted octanol–water partition coefficient (Wildman–Crippen LogP) is 3.39. The van der Waals surface area contributed by atoms with Crippen molar-refractivity contribution in [2.45, 2.75) is 96.6 Å². The number of aromatic nitrogens is 7. The molecule has 5 heterocycles. The second-order valence-corrected chi connectivity index (χ2v) is 12.3. The van der Waals surface area contributed by atoms with Crippen molar-refractivity contribution in [3.8, 4) is 0 Å². The van der Waals surface area contributed by atoms with Gasteiger partial charge in [-0.3, -0.25) is 9.59 Å². The fourth-order valence-electron chi connectivity index (χ4n) is 6.93. The summed E-state index contributed by atoms with van der Waals surface area (Å²) in [6, 6.07) is -0.291. The molecule has 226 valence electrons. The van der Waals surface area contributed by atoms with Gasteiger partial charge in [-0.05, 0) is 50.9 Å². The molecule has 3 fully saturated rings. The van der Waals surface area contributed by atoms with Crippen molar-refractivity contribution in [2.24, 2.45) is 17.8 Å². The summed E-state index contributed by atoms with van der Waals surface area (Å²) >= 11 is 0. The highest BCUT2D eigenvalue weighted by atomic mass is 16.5. The maximum atomic E-state index is 13.5. The molecule has 2 N–H and O–H groups in total. The first-order chi connectivity index (χ1) is 20.5. The molecule has 12 heteroatoms. The Morgan fingerprint density at radius 1 is 1.14 bits per heavy atom. The van der Waals surface area contributed by atoms with E-state index in [2.05, 4.69) is 27.6 Å². The van der Waals surface area contributed by atoms with E-state index in [1.54, 1.807) is 9.20 Å². The Bertz CT molecular complexity index is 1390. The first-order valence-corrected chi connectivity index (χ1v) is 15.8. The summed E-state index contributed by atoms with van der Waals surface area (Å²) in [5.41, 5.74) is 2.55. The number of hydrogen-bond acceptors (Lipinski definition) is 8. The largest absolute Gasteiger partial charge is 0.381 e. The van der Waals surface area contributed by atoms with Gasteiger partial charge in [-0.2, -0.15) is 10.2 Å². The van der Waals surface area contributed by atoms with E-state index in [9.17, 15) is 9.59 Å². The van der Waals surface area contributed by atoms with Gasteiger partial charge in [0.25, 0.3) is 11.7 Å². The van der Waals surface area contributed by atoms with Gasteiger partial charge in [-0.15, -0.1) is 0 Å². The molecule has 0 radical (unpaired) electrons. The maximum absolute atomic E-state index is 13.5. The lowest BCUT2D eigenvalue weighted by molar-refractivity contribution is -0.127. The molecule has 0 unspecified atom stereocenters. The highest BCUT2D eigenvalue weighted by Gasteiger charge is 2.33. The van der Waals surface area contributed by atoms with Crippen LogP contribution in [0.25, 0.3) is 5.78 Å². The number of nitrogens with zero attached hydrogens (tertiary/aromatic N) is 7. The van der Waals surface area contributed by atoms with Crippen molar-refractivity contribution >= 4 is 17.6 Å². The van der Waals surface area contributed by atoms with Gasteiger partial charge in [0.1, 0.15) is 6.33 Å². The van der Waals surface area contributed by atoms with Crippen LogP contribution in [0.4, 0.5) is 0 Å². The van der Waals surface area contributed by atoms with E-state index in [0.717, 1.165) is 68.6 Å². The third-order valence-electron chi connectivity index (χ3n) is 9.26. The number of piperidine rings is 1. The summed E-state index contributed by atoms with van der Waals surface area (Å²) in [5, 5.41) is 15.6. The van der Waals surface area contributed by atoms with Gasteiger partial charge in [-0.25, -0.2) is 24.1 Å². The van der Waals surface area contributed by atoms with Gasteiger partial charge < -0.3 is 15.4 Å². The molecular weight excluding hydrogens is 534 g/mol. The van der Waals surface area contributed by atoms with Crippen molar-refractivity contribution in [3.63, 3.8) is 0 Å². The molecule has 3 aliphatic rings. The molecule has 3 aromatic rings. The molecule has 42 heavy (non-hydrogen) atoms. The summed E-state index contributed by atoms with van der Waals surface area (Å²) in [6.45, 7) is 6.79. The fourth-order valence-corrected chi connectivity index (χ4v) is 6.93. The van der Waals surface area contributed by atoms with Crippen LogP contribution in [0.2, 0.25) is 0 Å². The number of aryl methyl sites for hydroxylation is 1. The van der Waals surface area contributed by atoms with E-state index in [0.29, 0.717) is 43.7 Å². The molecule has 3 atom stereocenters. The lowest BCUT2D eigenvalue weighted by Crippen LogP contribution is -2.41. The van der Waals surface area contributed by atoms with Gasteiger partial charge in [0.15, 0.2) is 0 Å². The normalized spacial score (nSPS) is 23.4. The van der Waals surface area contributed by atoms with Gasteiger partial charge >= 0.3 is 0 Å². The van der Waals surface area contributed by atoms with Crippen LogP contribution in [0.3, 0.4) is 0 Å². The minimum absolute atomic E-state index is 0.0929. The van der Waals surface area contributed by atoms with Gasteiger partial charge in [0, 0.05) is 44.6 Å². The van der Waals surface area contributed by atoms with Crippen LogP contribution < -0.4 is 10.6 Å². The number of fused-ring (bicyclic) bond motifs is 1. The maximum Gasteiger partial charge on any atom is 0.289 e. The molecule has 2 amide bonds. The zero-order chi connectivity index (χ0) is 29.1. The Balaban J connectivity index is 1.36. The molecular formula is C30H43N9O3. The number of carbonyl (C=O) groups is 2. The Labute approximate surface area is 246 Å². The first-order valence-electron chi connectivity index (χ1n) is 15.8. The lowest BCUT2D eigenvalue weighted by Gasteiger charge is -2.28. The molecule has 2 saturated heterocycles.